The van der Waals surface area contributed by atoms with Gasteiger partial charge in [-0.05, 0) is 12.7 Å². The van der Waals surface area contributed by atoms with Crippen molar-refractivity contribution >= 4 is 17.5 Å². The molecule has 1 aliphatic rings. The Labute approximate surface area is 79.1 Å². The summed E-state index contributed by atoms with van der Waals surface area (Å²) in [5.74, 6) is -1.33. The molecule has 1 nitrogen and oxygen atoms in total. The van der Waals surface area contributed by atoms with E-state index in [-0.39, 0.29) is 25.0 Å². The number of hydrogen-bond acceptors (Lipinski definition) is 2. The predicted molar refractivity (Wildman–Crippen MR) is 45.7 cm³/mol. The van der Waals surface area contributed by atoms with Crippen LogP contribution in [0.4, 0.5) is 13.2 Å². The number of ketones is 1. The lowest BCUT2D eigenvalue weighted by Gasteiger charge is -2.30. The fourth-order valence-corrected chi connectivity index (χ4v) is 2.56. The van der Waals surface area contributed by atoms with Crippen molar-refractivity contribution in [2.24, 2.45) is 5.92 Å². The van der Waals surface area contributed by atoms with Crippen molar-refractivity contribution < 1.29 is 18.0 Å². The Morgan fingerprint density at radius 2 is 2.08 bits per heavy atom. The summed E-state index contributed by atoms with van der Waals surface area (Å²) in [6.07, 6.45) is -2.39. The standard InChI is InChI=1S/C8H11F3OS/c1-13-7-4-5(12)2-3-6(7)8(9,10)11/h6-7H,2-4H2,1H3. The number of hydrogen-bond donors (Lipinski definition) is 0. The summed E-state index contributed by atoms with van der Waals surface area (Å²) >= 11 is 1.14. The lowest BCUT2D eigenvalue weighted by molar-refractivity contribution is -0.180. The fourth-order valence-electron chi connectivity index (χ4n) is 1.59. The maximum Gasteiger partial charge on any atom is 0.392 e. The number of halogens is 3. The predicted octanol–water partition coefficient (Wildman–Crippen LogP) is 2.65. The van der Waals surface area contributed by atoms with Crippen molar-refractivity contribution in [2.45, 2.75) is 30.7 Å². The Bertz CT molecular complexity index is 202. The van der Waals surface area contributed by atoms with E-state index in [1.807, 2.05) is 0 Å². The van der Waals surface area contributed by atoms with E-state index in [2.05, 4.69) is 0 Å². The zero-order chi connectivity index (χ0) is 10.1. The Balaban J connectivity index is 2.68. The largest absolute Gasteiger partial charge is 0.392 e. The second-order valence-corrected chi connectivity index (χ2v) is 4.28. The molecule has 2 unspecified atom stereocenters. The zero-order valence-electron chi connectivity index (χ0n) is 7.23. The highest BCUT2D eigenvalue weighted by Gasteiger charge is 2.46. The minimum Gasteiger partial charge on any atom is -0.300 e. The third kappa shape index (κ3) is 2.62. The summed E-state index contributed by atoms with van der Waals surface area (Å²) in [4.78, 5) is 10.9. The van der Waals surface area contributed by atoms with Crippen molar-refractivity contribution in [1.29, 1.82) is 0 Å². The summed E-state index contributed by atoms with van der Waals surface area (Å²) in [7, 11) is 0. The first kappa shape index (κ1) is 10.9. The molecule has 13 heavy (non-hydrogen) atoms. The molecule has 0 aromatic carbocycles. The van der Waals surface area contributed by atoms with Gasteiger partial charge in [0.15, 0.2) is 0 Å². The molecule has 0 saturated heterocycles. The molecule has 76 valence electrons. The van der Waals surface area contributed by atoms with Crippen LogP contribution in [-0.4, -0.2) is 23.5 Å². The maximum atomic E-state index is 12.4. The van der Waals surface area contributed by atoms with Crippen molar-refractivity contribution in [3.05, 3.63) is 0 Å². The molecule has 0 N–H and O–H groups in total. The van der Waals surface area contributed by atoms with Crippen LogP contribution in [0.25, 0.3) is 0 Å². The highest BCUT2D eigenvalue weighted by Crippen LogP contribution is 2.41. The average Bonchev–Trinajstić information content (AvgIpc) is 2.01. The van der Waals surface area contributed by atoms with Crippen LogP contribution in [0.2, 0.25) is 0 Å². The summed E-state index contributed by atoms with van der Waals surface area (Å²) in [5.41, 5.74) is 0. The van der Waals surface area contributed by atoms with Crippen molar-refractivity contribution in [3.63, 3.8) is 0 Å². The molecule has 0 bridgehead atoms. The fraction of sp³-hybridized carbons (Fsp3) is 0.875. The number of carbonyl (C=O) groups is 1. The van der Waals surface area contributed by atoms with E-state index in [9.17, 15) is 18.0 Å². The quantitative estimate of drug-likeness (QED) is 0.664. The lowest BCUT2D eigenvalue weighted by atomic mass is 9.87. The van der Waals surface area contributed by atoms with E-state index < -0.39 is 17.3 Å². The van der Waals surface area contributed by atoms with Gasteiger partial charge in [0.1, 0.15) is 5.78 Å². The van der Waals surface area contributed by atoms with E-state index in [0.29, 0.717) is 0 Å². The molecule has 0 amide bonds. The smallest absolute Gasteiger partial charge is 0.300 e. The SMILES string of the molecule is CSC1CC(=O)CCC1C(F)(F)F. The van der Waals surface area contributed by atoms with E-state index in [0.717, 1.165) is 11.8 Å². The van der Waals surface area contributed by atoms with E-state index in [1.54, 1.807) is 6.26 Å². The van der Waals surface area contributed by atoms with Gasteiger partial charge in [0.2, 0.25) is 0 Å². The van der Waals surface area contributed by atoms with Gasteiger partial charge in [-0.1, -0.05) is 0 Å². The second-order valence-electron chi connectivity index (χ2n) is 3.20. The van der Waals surface area contributed by atoms with Crippen molar-refractivity contribution in [2.75, 3.05) is 6.26 Å². The third-order valence-corrected chi connectivity index (χ3v) is 3.44. The molecule has 0 aliphatic heterocycles. The van der Waals surface area contributed by atoms with E-state index >= 15 is 0 Å². The van der Waals surface area contributed by atoms with Gasteiger partial charge >= 0.3 is 6.18 Å². The molecule has 0 spiro atoms. The molecule has 1 saturated carbocycles. The topological polar surface area (TPSA) is 17.1 Å². The van der Waals surface area contributed by atoms with Crippen LogP contribution in [0.15, 0.2) is 0 Å². The van der Waals surface area contributed by atoms with Crippen LogP contribution in [0, 0.1) is 5.92 Å². The Morgan fingerprint density at radius 1 is 1.46 bits per heavy atom. The zero-order valence-corrected chi connectivity index (χ0v) is 8.04. The van der Waals surface area contributed by atoms with Crippen LogP contribution in [-0.2, 0) is 4.79 Å². The first-order valence-electron chi connectivity index (χ1n) is 4.06. The van der Waals surface area contributed by atoms with Crippen LogP contribution in [0.5, 0.6) is 0 Å². The van der Waals surface area contributed by atoms with Crippen LogP contribution in [0.1, 0.15) is 19.3 Å². The number of alkyl halides is 3. The van der Waals surface area contributed by atoms with Gasteiger partial charge in [0, 0.05) is 18.1 Å². The average molecular weight is 212 g/mol. The summed E-state index contributed by atoms with van der Waals surface area (Å²) in [6, 6.07) is 0. The first-order valence-corrected chi connectivity index (χ1v) is 5.35. The minimum absolute atomic E-state index is 0.0339. The molecule has 1 rings (SSSR count). The number of carbonyl (C=O) groups excluding carboxylic acids is 1. The lowest BCUT2D eigenvalue weighted by Crippen LogP contribution is -2.37. The molecule has 0 heterocycles. The van der Waals surface area contributed by atoms with Gasteiger partial charge in [-0.2, -0.15) is 24.9 Å². The van der Waals surface area contributed by atoms with Gasteiger partial charge in [-0.25, -0.2) is 0 Å². The molecule has 1 fully saturated rings. The van der Waals surface area contributed by atoms with Gasteiger partial charge in [-0.15, -0.1) is 0 Å². The van der Waals surface area contributed by atoms with Crippen LogP contribution < -0.4 is 0 Å². The Morgan fingerprint density at radius 3 is 2.54 bits per heavy atom. The molecular weight excluding hydrogens is 201 g/mol. The number of Topliss-reactive ketones (excluding diaryl/α,β-unsaturated/α-hetero) is 1. The Kier molecular flexibility index (Phi) is 3.27. The minimum atomic E-state index is -4.14. The molecule has 5 heteroatoms. The monoisotopic (exact) mass is 212 g/mol. The normalized spacial score (nSPS) is 30.6. The molecule has 0 radical (unpaired) electrons. The number of rotatable bonds is 1. The van der Waals surface area contributed by atoms with E-state index in [1.165, 1.54) is 0 Å². The summed E-state index contributed by atoms with van der Waals surface area (Å²) < 4.78 is 37.1. The highest BCUT2D eigenvalue weighted by atomic mass is 32.2. The van der Waals surface area contributed by atoms with Gasteiger partial charge < -0.3 is 0 Å². The molecule has 2 atom stereocenters. The van der Waals surface area contributed by atoms with Gasteiger partial charge in [-0.3, -0.25) is 4.79 Å². The Hall–Kier alpha value is -0.190. The van der Waals surface area contributed by atoms with Gasteiger partial charge in [0.05, 0.1) is 5.92 Å². The molecule has 0 aromatic heterocycles. The van der Waals surface area contributed by atoms with Gasteiger partial charge in [0.25, 0.3) is 0 Å². The maximum absolute atomic E-state index is 12.4. The summed E-state index contributed by atoms with van der Waals surface area (Å²) in [6.45, 7) is 0. The third-order valence-electron chi connectivity index (χ3n) is 2.34. The molecule has 1 aliphatic carbocycles. The van der Waals surface area contributed by atoms with Crippen LogP contribution >= 0.6 is 11.8 Å². The highest BCUT2D eigenvalue weighted by molar-refractivity contribution is 7.99. The molecule has 0 aromatic rings. The van der Waals surface area contributed by atoms with Crippen molar-refractivity contribution in [3.8, 4) is 0 Å². The van der Waals surface area contributed by atoms with E-state index in [4.69, 9.17) is 0 Å². The number of thioether (sulfide) groups is 1. The van der Waals surface area contributed by atoms with Crippen molar-refractivity contribution in [1.82, 2.24) is 0 Å². The first-order chi connectivity index (χ1) is 5.95. The summed E-state index contributed by atoms with van der Waals surface area (Å²) in [5, 5.41) is -0.568. The molecular formula is C8H11F3OS. The van der Waals surface area contributed by atoms with Crippen LogP contribution in [0.3, 0.4) is 0 Å². The second kappa shape index (κ2) is 3.90.